The first-order valence-corrected chi connectivity index (χ1v) is 4.29. The first-order valence-electron chi connectivity index (χ1n) is 4.29. The molecule has 1 nitrogen and oxygen atoms in total. The molecular formula is C11H16N-. The van der Waals surface area contributed by atoms with Crippen molar-refractivity contribution in [2.24, 2.45) is 0 Å². The molecule has 0 aliphatic rings. The van der Waals surface area contributed by atoms with Gasteiger partial charge < -0.3 is 5.32 Å². The van der Waals surface area contributed by atoms with E-state index in [0.717, 1.165) is 6.42 Å². The van der Waals surface area contributed by atoms with Crippen molar-refractivity contribution in [3.63, 3.8) is 0 Å². The van der Waals surface area contributed by atoms with Gasteiger partial charge in [-0.3, -0.25) is 0 Å². The van der Waals surface area contributed by atoms with Crippen LogP contribution in [0.5, 0.6) is 0 Å². The summed E-state index contributed by atoms with van der Waals surface area (Å²) in [5, 5.41) is 4.32. The molecule has 1 aromatic rings. The molecule has 0 heterocycles. The summed E-state index contributed by atoms with van der Waals surface area (Å²) in [6.07, 6.45) is 1.02. The molecule has 0 bridgehead atoms. The van der Waals surface area contributed by atoms with Crippen LogP contribution in [-0.4, -0.2) is 12.6 Å². The molecular weight excluding hydrogens is 146 g/mol. The highest BCUT2D eigenvalue weighted by Crippen LogP contribution is 2.19. The van der Waals surface area contributed by atoms with Gasteiger partial charge in [-0.05, 0) is 12.0 Å². The Morgan fingerprint density at radius 2 is 1.75 bits per heavy atom. The Bertz CT molecular complexity index is 226. The lowest BCUT2D eigenvalue weighted by molar-refractivity contribution is 0.585. The number of hydrogen-bond acceptors (Lipinski definition) is 0. The quantitative estimate of drug-likeness (QED) is 0.648. The van der Waals surface area contributed by atoms with E-state index >= 15 is 0 Å². The first kappa shape index (κ1) is 9.27. The maximum Gasteiger partial charge on any atom is -0.0417 e. The Morgan fingerprint density at radius 1 is 1.17 bits per heavy atom. The molecule has 0 atom stereocenters. The van der Waals surface area contributed by atoms with Gasteiger partial charge >= 0.3 is 0 Å². The lowest BCUT2D eigenvalue weighted by atomic mass is 9.95. The summed E-state index contributed by atoms with van der Waals surface area (Å²) in [4.78, 5) is 0. The van der Waals surface area contributed by atoms with E-state index in [1.807, 2.05) is 13.1 Å². The van der Waals surface area contributed by atoms with E-state index < -0.39 is 0 Å². The lowest BCUT2D eigenvalue weighted by Crippen LogP contribution is -2.20. The zero-order chi connectivity index (χ0) is 9.03. The smallest absolute Gasteiger partial charge is 0.0417 e. The topological polar surface area (TPSA) is 14.1 Å². The van der Waals surface area contributed by atoms with Crippen LogP contribution in [0.15, 0.2) is 30.3 Å². The fourth-order valence-electron chi connectivity index (χ4n) is 1.17. The molecule has 12 heavy (non-hydrogen) atoms. The van der Waals surface area contributed by atoms with Crippen LogP contribution in [0.4, 0.5) is 0 Å². The second kappa shape index (κ2) is 3.72. The van der Waals surface area contributed by atoms with Crippen molar-refractivity contribution >= 4 is 0 Å². The number of nitrogens with zero attached hydrogens (tertiary/aromatic N) is 1. The molecule has 0 saturated carbocycles. The van der Waals surface area contributed by atoms with Crippen molar-refractivity contribution in [1.29, 1.82) is 0 Å². The summed E-state index contributed by atoms with van der Waals surface area (Å²) < 4.78 is 0. The molecule has 66 valence electrons. The first-order chi connectivity index (χ1) is 5.64. The molecule has 0 amide bonds. The van der Waals surface area contributed by atoms with Gasteiger partial charge in [0, 0.05) is 0 Å². The van der Waals surface area contributed by atoms with Gasteiger partial charge in [-0.25, -0.2) is 0 Å². The van der Waals surface area contributed by atoms with Crippen LogP contribution in [-0.2, 0) is 6.42 Å². The molecule has 0 saturated heterocycles. The van der Waals surface area contributed by atoms with E-state index in [2.05, 4.69) is 43.4 Å². The van der Waals surface area contributed by atoms with Crippen LogP contribution < -0.4 is 0 Å². The lowest BCUT2D eigenvalue weighted by Gasteiger charge is -2.37. The van der Waals surface area contributed by atoms with Gasteiger partial charge in [-0.15, -0.1) is 5.54 Å². The van der Waals surface area contributed by atoms with Crippen molar-refractivity contribution in [2.45, 2.75) is 25.8 Å². The summed E-state index contributed by atoms with van der Waals surface area (Å²) in [6.45, 7) is 4.31. The number of rotatable bonds is 3. The van der Waals surface area contributed by atoms with Crippen molar-refractivity contribution in [2.75, 3.05) is 7.05 Å². The Balaban J connectivity index is 2.64. The maximum absolute atomic E-state index is 4.32. The van der Waals surface area contributed by atoms with E-state index in [9.17, 15) is 0 Å². The van der Waals surface area contributed by atoms with Gasteiger partial charge in [-0.2, -0.15) is 7.05 Å². The van der Waals surface area contributed by atoms with Crippen LogP contribution in [0.2, 0.25) is 0 Å². The summed E-state index contributed by atoms with van der Waals surface area (Å²) >= 11 is 0. The van der Waals surface area contributed by atoms with Crippen molar-refractivity contribution in [1.82, 2.24) is 0 Å². The van der Waals surface area contributed by atoms with Crippen LogP contribution in [0.1, 0.15) is 19.4 Å². The van der Waals surface area contributed by atoms with E-state index in [4.69, 9.17) is 0 Å². The predicted molar refractivity (Wildman–Crippen MR) is 53.5 cm³/mol. The van der Waals surface area contributed by atoms with Crippen molar-refractivity contribution in [3.8, 4) is 0 Å². The van der Waals surface area contributed by atoms with Gasteiger partial charge in [0.05, 0.1) is 0 Å². The molecule has 0 radical (unpaired) electrons. The molecule has 1 aromatic carbocycles. The van der Waals surface area contributed by atoms with Crippen LogP contribution in [0.25, 0.3) is 5.32 Å². The summed E-state index contributed by atoms with van der Waals surface area (Å²) in [7, 11) is 1.88. The van der Waals surface area contributed by atoms with Gasteiger partial charge in [-0.1, -0.05) is 44.2 Å². The zero-order valence-electron chi connectivity index (χ0n) is 8.04. The summed E-state index contributed by atoms with van der Waals surface area (Å²) in [6, 6.07) is 10.5. The minimum atomic E-state index is 0.0708. The third-order valence-corrected chi connectivity index (χ3v) is 2.08. The van der Waals surface area contributed by atoms with E-state index in [-0.39, 0.29) is 5.54 Å². The van der Waals surface area contributed by atoms with Gasteiger partial charge in [0.2, 0.25) is 0 Å². The number of likely N-dealkylation sites (N-methyl/N-ethyl adjacent to an activating group) is 1. The Labute approximate surface area is 74.8 Å². The molecule has 0 aliphatic heterocycles. The maximum atomic E-state index is 4.32. The molecule has 0 N–H and O–H groups in total. The van der Waals surface area contributed by atoms with Crippen molar-refractivity contribution < 1.29 is 0 Å². The largest absolute Gasteiger partial charge is 0.660 e. The minimum Gasteiger partial charge on any atom is -0.660 e. The van der Waals surface area contributed by atoms with Gasteiger partial charge in [0.1, 0.15) is 0 Å². The van der Waals surface area contributed by atoms with Crippen LogP contribution in [0.3, 0.4) is 0 Å². The SMILES string of the molecule is C[N-]C(C)(C)Cc1ccccc1. The highest BCUT2D eigenvalue weighted by molar-refractivity contribution is 5.19. The summed E-state index contributed by atoms with van der Waals surface area (Å²) in [5.74, 6) is 0. The standard InChI is InChI=1S/C11H16N/c1-11(2,12-3)9-10-7-5-4-6-8-10/h4-8H,9H2,1-3H3/q-1. The second-order valence-corrected chi connectivity index (χ2v) is 3.70. The fourth-order valence-corrected chi connectivity index (χ4v) is 1.17. The van der Waals surface area contributed by atoms with Gasteiger partial charge in [0.15, 0.2) is 0 Å². The van der Waals surface area contributed by atoms with E-state index in [1.165, 1.54) is 5.56 Å². The Hall–Kier alpha value is -0.820. The van der Waals surface area contributed by atoms with Gasteiger partial charge in [0.25, 0.3) is 0 Å². The second-order valence-electron chi connectivity index (χ2n) is 3.70. The normalized spacial score (nSPS) is 11.6. The monoisotopic (exact) mass is 162 g/mol. The molecule has 1 rings (SSSR count). The molecule has 0 aliphatic carbocycles. The molecule has 0 spiro atoms. The highest BCUT2D eigenvalue weighted by atomic mass is 14.9. The average Bonchev–Trinajstić information content (AvgIpc) is 2.06. The average molecular weight is 162 g/mol. The van der Waals surface area contributed by atoms with Crippen LogP contribution >= 0.6 is 0 Å². The third-order valence-electron chi connectivity index (χ3n) is 2.08. The molecule has 0 fully saturated rings. The van der Waals surface area contributed by atoms with Crippen LogP contribution in [0, 0.1) is 0 Å². The number of benzene rings is 1. The fraction of sp³-hybridized carbons (Fsp3) is 0.455. The Kier molecular flexibility index (Phi) is 2.88. The predicted octanol–water partition coefficient (Wildman–Crippen LogP) is 3.01. The van der Waals surface area contributed by atoms with Crippen molar-refractivity contribution in [3.05, 3.63) is 41.2 Å². The Morgan fingerprint density at radius 3 is 2.25 bits per heavy atom. The molecule has 0 unspecified atom stereocenters. The minimum absolute atomic E-state index is 0.0708. The molecule has 1 heteroatoms. The molecule has 0 aromatic heterocycles. The zero-order valence-corrected chi connectivity index (χ0v) is 8.04. The number of hydrogen-bond donors (Lipinski definition) is 0. The van der Waals surface area contributed by atoms with E-state index in [1.54, 1.807) is 0 Å². The van der Waals surface area contributed by atoms with E-state index in [0.29, 0.717) is 0 Å². The third kappa shape index (κ3) is 2.67. The summed E-state index contributed by atoms with van der Waals surface area (Å²) in [5.41, 5.74) is 1.43. The highest BCUT2D eigenvalue weighted by Gasteiger charge is 2.04.